The number of benzene rings is 1. The molecule has 4 rings (SSSR count). The molecule has 0 bridgehead atoms. The van der Waals surface area contributed by atoms with Crippen LogP contribution in [0.1, 0.15) is 23.1 Å². The Morgan fingerprint density at radius 2 is 2.17 bits per heavy atom. The average molecular weight is 343 g/mol. The Balaban J connectivity index is 1.94. The Bertz CT molecular complexity index is 890. The Kier molecular flexibility index (Phi) is 3.80. The van der Waals surface area contributed by atoms with Crippen molar-refractivity contribution in [3.05, 3.63) is 56.9 Å². The number of rotatable bonds is 2. The second-order valence-electron chi connectivity index (χ2n) is 6.23. The lowest BCUT2D eigenvalue weighted by Crippen LogP contribution is -2.26. The quantitative estimate of drug-likeness (QED) is 0.608. The molecule has 0 aliphatic carbocycles. The normalized spacial score (nSPS) is 16.0. The minimum Gasteiger partial charge on any atom is -0.320 e. The SMILES string of the molecule is C/C(=C/n1c2c(c3cc(Cl)ccc31)CN(C)CC2)c1cccs1. The van der Waals surface area contributed by atoms with E-state index in [2.05, 4.69) is 59.3 Å². The van der Waals surface area contributed by atoms with Gasteiger partial charge in [0.05, 0.1) is 5.52 Å². The molecule has 1 aromatic carbocycles. The number of hydrogen-bond acceptors (Lipinski definition) is 2. The van der Waals surface area contributed by atoms with Crippen molar-refractivity contribution in [1.29, 1.82) is 0 Å². The molecule has 118 valence electrons. The minimum atomic E-state index is 0.810. The smallest absolute Gasteiger partial charge is 0.0529 e. The summed E-state index contributed by atoms with van der Waals surface area (Å²) in [6, 6.07) is 10.5. The van der Waals surface area contributed by atoms with Crippen molar-refractivity contribution < 1.29 is 0 Å². The highest BCUT2D eigenvalue weighted by Crippen LogP contribution is 2.34. The molecular formula is C19H19ClN2S. The maximum atomic E-state index is 6.26. The predicted molar refractivity (Wildman–Crippen MR) is 101 cm³/mol. The van der Waals surface area contributed by atoms with E-state index in [1.165, 1.54) is 32.6 Å². The van der Waals surface area contributed by atoms with Gasteiger partial charge >= 0.3 is 0 Å². The van der Waals surface area contributed by atoms with Crippen LogP contribution in [0.5, 0.6) is 0 Å². The van der Waals surface area contributed by atoms with Crippen molar-refractivity contribution in [2.75, 3.05) is 13.6 Å². The molecule has 2 nitrogen and oxygen atoms in total. The molecule has 1 aliphatic rings. The van der Waals surface area contributed by atoms with Crippen LogP contribution in [-0.4, -0.2) is 23.1 Å². The zero-order chi connectivity index (χ0) is 16.0. The first-order valence-corrected chi connectivity index (χ1v) is 9.11. The molecule has 1 aliphatic heterocycles. The number of halogens is 1. The number of allylic oxidation sites excluding steroid dienone is 1. The molecule has 0 N–H and O–H groups in total. The highest BCUT2D eigenvalue weighted by Gasteiger charge is 2.22. The highest BCUT2D eigenvalue weighted by molar-refractivity contribution is 7.11. The lowest BCUT2D eigenvalue weighted by molar-refractivity contribution is 0.312. The summed E-state index contributed by atoms with van der Waals surface area (Å²) in [6.45, 7) is 4.28. The summed E-state index contributed by atoms with van der Waals surface area (Å²) in [4.78, 5) is 3.70. The summed E-state index contributed by atoms with van der Waals surface area (Å²) in [7, 11) is 2.18. The first-order valence-electron chi connectivity index (χ1n) is 7.85. The van der Waals surface area contributed by atoms with Crippen LogP contribution in [0.4, 0.5) is 0 Å². The van der Waals surface area contributed by atoms with Gasteiger partial charge in [0.2, 0.25) is 0 Å². The predicted octanol–water partition coefficient (Wildman–Crippen LogP) is 5.36. The molecular weight excluding hydrogens is 324 g/mol. The van der Waals surface area contributed by atoms with Crippen LogP contribution in [0.2, 0.25) is 5.02 Å². The fourth-order valence-corrected chi connectivity index (χ4v) is 4.28. The highest BCUT2D eigenvalue weighted by atomic mass is 35.5. The van der Waals surface area contributed by atoms with Crippen molar-refractivity contribution in [3.63, 3.8) is 0 Å². The van der Waals surface area contributed by atoms with Gasteiger partial charge in [0.15, 0.2) is 0 Å². The van der Waals surface area contributed by atoms with Gasteiger partial charge in [-0.1, -0.05) is 17.7 Å². The van der Waals surface area contributed by atoms with Crippen molar-refractivity contribution in [1.82, 2.24) is 9.47 Å². The van der Waals surface area contributed by atoms with Crippen molar-refractivity contribution >= 4 is 45.6 Å². The van der Waals surface area contributed by atoms with Crippen LogP contribution >= 0.6 is 22.9 Å². The van der Waals surface area contributed by atoms with Crippen molar-refractivity contribution in [3.8, 4) is 0 Å². The Labute approximate surface area is 145 Å². The van der Waals surface area contributed by atoms with Gasteiger partial charge < -0.3 is 9.47 Å². The zero-order valence-corrected chi connectivity index (χ0v) is 14.9. The molecule has 23 heavy (non-hydrogen) atoms. The lowest BCUT2D eigenvalue weighted by Gasteiger charge is -2.23. The second kappa shape index (κ2) is 5.82. The van der Waals surface area contributed by atoms with Crippen LogP contribution in [0, 0.1) is 0 Å². The minimum absolute atomic E-state index is 0.810. The molecule has 0 radical (unpaired) electrons. The summed E-state index contributed by atoms with van der Waals surface area (Å²) in [5, 5.41) is 4.23. The third-order valence-corrected chi connectivity index (χ3v) is 5.81. The van der Waals surface area contributed by atoms with Crippen molar-refractivity contribution in [2.24, 2.45) is 0 Å². The van der Waals surface area contributed by atoms with E-state index in [9.17, 15) is 0 Å². The molecule has 0 unspecified atom stereocenters. The summed E-state index contributed by atoms with van der Waals surface area (Å²) in [6.07, 6.45) is 3.36. The van der Waals surface area contributed by atoms with Gasteiger partial charge in [-0.2, -0.15) is 0 Å². The second-order valence-corrected chi connectivity index (χ2v) is 7.62. The maximum Gasteiger partial charge on any atom is 0.0529 e. The van der Waals surface area contributed by atoms with Gasteiger partial charge in [-0.3, -0.25) is 0 Å². The molecule has 0 spiro atoms. The molecule has 0 amide bonds. The fraction of sp³-hybridized carbons (Fsp3) is 0.263. The summed E-state index contributed by atoms with van der Waals surface area (Å²) in [5.41, 5.74) is 5.40. The van der Waals surface area contributed by atoms with Crippen LogP contribution in [0.15, 0.2) is 35.7 Å². The molecule has 3 aromatic rings. The Hall–Kier alpha value is -1.55. The van der Waals surface area contributed by atoms with E-state index in [-0.39, 0.29) is 0 Å². The van der Waals surface area contributed by atoms with E-state index < -0.39 is 0 Å². The van der Waals surface area contributed by atoms with Crippen LogP contribution < -0.4 is 0 Å². The van der Waals surface area contributed by atoms with E-state index in [1.54, 1.807) is 11.3 Å². The third kappa shape index (κ3) is 2.63. The molecule has 0 saturated carbocycles. The number of nitrogens with zero attached hydrogens (tertiary/aromatic N) is 2. The van der Waals surface area contributed by atoms with E-state index in [0.29, 0.717) is 0 Å². The molecule has 2 aromatic heterocycles. The standard InChI is InChI=1S/C19H19ClN2S/c1-13(19-4-3-9-23-19)11-22-17-6-5-14(20)10-15(17)16-12-21(2)8-7-18(16)22/h3-6,9-11H,7-8,12H2,1-2H3/b13-11-. The van der Waals surface area contributed by atoms with E-state index in [4.69, 9.17) is 11.6 Å². The Morgan fingerprint density at radius 1 is 1.30 bits per heavy atom. The van der Waals surface area contributed by atoms with Crippen molar-refractivity contribution in [2.45, 2.75) is 19.9 Å². The number of hydrogen-bond donors (Lipinski definition) is 0. The number of thiophene rings is 1. The van der Waals surface area contributed by atoms with Crippen LogP contribution in [0.3, 0.4) is 0 Å². The fourth-order valence-electron chi connectivity index (χ4n) is 3.41. The molecule has 4 heteroatoms. The van der Waals surface area contributed by atoms with Gasteiger partial charge in [-0.25, -0.2) is 0 Å². The third-order valence-electron chi connectivity index (χ3n) is 4.57. The number of aromatic nitrogens is 1. The van der Waals surface area contributed by atoms with E-state index >= 15 is 0 Å². The first kappa shape index (κ1) is 15.0. The van der Waals surface area contributed by atoms with Gasteiger partial charge in [0, 0.05) is 46.7 Å². The zero-order valence-electron chi connectivity index (χ0n) is 13.3. The summed E-state index contributed by atoms with van der Waals surface area (Å²) in [5.74, 6) is 0. The van der Waals surface area contributed by atoms with Gasteiger partial charge in [-0.15, -0.1) is 11.3 Å². The van der Waals surface area contributed by atoms with Gasteiger partial charge in [0.25, 0.3) is 0 Å². The maximum absolute atomic E-state index is 6.26. The van der Waals surface area contributed by atoms with E-state index in [1.807, 2.05) is 6.07 Å². The largest absolute Gasteiger partial charge is 0.320 e. The van der Waals surface area contributed by atoms with E-state index in [0.717, 1.165) is 24.5 Å². The molecule has 0 atom stereocenters. The van der Waals surface area contributed by atoms with Gasteiger partial charge in [-0.05, 0) is 54.8 Å². The average Bonchev–Trinajstić information content (AvgIpc) is 3.15. The topological polar surface area (TPSA) is 8.17 Å². The molecule has 0 saturated heterocycles. The monoisotopic (exact) mass is 342 g/mol. The van der Waals surface area contributed by atoms with Gasteiger partial charge in [0.1, 0.15) is 0 Å². The Morgan fingerprint density at radius 3 is 2.96 bits per heavy atom. The number of likely N-dealkylation sites (N-methyl/N-ethyl adjacent to an activating group) is 1. The first-order chi connectivity index (χ1) is 11.1. The number of fused-ring (bicyclic) bond motifs is 3. The molecule has 0 fully saturated rings. The summed E-state index contributed by atoms with van der Waals surface area (Å²) >= 11 is 8.04. The molecule has 3 heterocycles. The van der Waals surface area contributed by atoms with Crippen LogP contribution in [0.25, 0.3) is 22.7 Å². The van der Waals surface area contributed by atoms with Crippen LogP contribution in [-0.2, 0) is 13.0 Å². The summed E-state index contributed by atoms with van der Waals surface area (Å²) < 4.78 is 2.38. The lowest BCUT2D eigenvalue weighted by atomic mass is 10.1.